The maximum atomic E-state index is 12.7. The zero-order chi connectivity index (χ0) is 22.6. The molecule has 3 rings (SSSR count). The van der Waals surface area contributed by atoms with Crippen LogP contribution in [-0.4, -0.2) is 56.1 Å². The number of anilines is 1. The predicted molar refractivity (Wildman–Crippen MR) is 128 cm³/mol. The highest BCUT2D eigenvalue weighted by molar-refractivity contribution is 8.25. The average Bonchev–Trinajstić information content (AvgIpc) is 2.73. The molecule has 8 nitrogen and oxygen atoms in total. The summed E-state index contributed by atoms with van der Waals surface area (Å²) in [5, 5.41) is 7.50. The maximum Gasteiger partial charge on any atom is 0.284 e. The van der Waals surface area contributed by atoms with Crippen LogP contribution in [0.25, 0.3) is 0 Å². The third-order valence-electron chi connectivity index (χ3n) is 4.62. The first-order valence-corrected chi connectivity index (χ1v) is 12.1. The van der Waals surface area contributed by atoms with Crippen molar-refractivity contribution in [2.45, 2.75) is 4.90 Å². The fourth-order valence-electron chi connectivity index (χ4n) is 3.08. The lowest BCUT2D eigenvalue weighted by molar-refractivity contribution is 0.0747. The van der Waals surface area contributed by atoms with Gasteiger partial charge in [-0.1, -0.05) is 23.2 Å². The summed E-state index contributed by atoms with van der Waals surface area (Å²) in [6.45, 7) is 2.17. The van der Waals surface area contributed by atoms with E-state index in [4.69, 9.17) is 34.3 Å². The van der Waals surface area contributed by atoms with Crippen molar-refractivity contribution in [3.8, 4) is 0 Å². The summed E-state index contributed by atoms with van der Waals surface area (Å²) in [5.41, 5.74) is 7.63. The first-order valence-electron chi connectivity index (χ1n) is 9.06. The third-order valence-corrected chi connectivity index (χ3v) is 7.04. The summed E-state index contributed by atoms with van der Waals surface area (Å²) >= 11 is 12.8. The molecule has 2 aromatic carbocycles. The minimum Gasteiger partial charge on any atom is -0.377 e. The number of rotatable bonds is 5. The molecule has 166 valence electrons. The highest BCUT2D eigenvalue weighted by Crippen LogP contribution is 2.24. The summed E-state index contributed by atoms with van der Waals surface area (Å²) < 4.78 is 28.0. The Morgan fingerprint density at radius 1 is 1.13 bits per heavy atom. The van der Waals surface area contributed by atoms with Gasteiger partial charge in [0.2, 0.25) is 0 Å². The van der Waals surface area contributed by atoms with Crippen LogP contribution in [0.2, 0.25) is 10.0 Å². The molecule has 3 N–H and O–H groups in total. The van der Waals surface area contributed by atoms with Crippen molar-refractivity contribution < 1.29 is 14.6 Å². The normalized spacial score (nSPS) is 15.1. The predicted octanol–water partition coefficient (Wildman–Crippen LogP) is 3.55. The SMILES string of the molecule is N=CSC(N)=NS(=O)(=O)c1ccc(N2CCN(C(=O)c3ccc(Cl)cc3Cl)CC2)cc1.[HH]. The number of sulfonamides is 1. The summed E-state index contributed by atoms with van der Waals surface area (Å²) in [6, 6.07) is 11.1. The molecule has 1 aliphatic heterocycles. The van der Waals surface area contributed by atoms with Gasteiger partial charge in [-0.25, -0.2) is 0 Å². The fourth-order valence-corrected chi connectivity index (χ4v) is 4.98. The highest BCUT2D eigenvalue weighted by Gasteiger charge is 2.24. The first kappa shape index (κ1) is 23.4. The van der Waals surface area contributed by atoms with E-state index >= 15 is 0 Å². The highest BCUT2D eigenvalue weighted by atomic mass is 35.5. The van der Waals surface area contributed by atoms with E-state index in [-0.39, 0.29) is 17.4 Å². The number of nitrogens with two attached hydrogens (primary N) is 1. The molecule has 0 saturated carbocycles. The van der Waals surface area contributed by atoms with E-state index in [0.717, 1.165) is 11.2 Å². The van der Waals surface area contributed by atoms with E-state index in [1.54, 1.807) is 35.2 Å². The van der Waals surface area contributed by atoms with Crippen LogP contribution < -0.4 is 10.6 Å². The molecule has 0 unspecified atom stereocenters. The lowest BCUT2D eigenvalue weighted by Crippen LogP contribution is -2.48. The van der Waals surface area contributed by atoms with E-state index in [9.17, 15) is 13.2 Å². The zero-order valence-corrected chi connectivity index (χ0v) is 19.3. The van der Waals surface area contributed by atoms with Crippen molar-refractivity contribution in [2.24, 2.45) is 10.1 Å². The van der Waals surface area contributed by atoms with Crippen LogP contribution in [-0.2, 0) is 10.0 Å². The summed E-state index contributed by atoms with van der Waals surface area (Å²) in [7, 11) is -3.94. The minimum atomic E-state index is -3.94. The van der Waals surface area contributed by atoms with Gasteiger partial charge >= 0.3 is 0 Å². The number of amides is 1. The Bertz CT molecular complexity index is 1120. The van der Waals surface area contributed by atoms with Gasteiger partial charge in [0.05, 0.1) is 21.0 Å². The molecule has 1 aliphatic rings. The van der Waals surface area contributed by atoms with Crippen molar-refractivity contribution in [1.82, 2.24) is 4.90 Å². The number of carbonyl (C=O) groups excluding carboxylic acids is 1. The second kappa shape index (κ2) is 9.90. The standard InChI is InChI=1S/C19H19Cl2N5O3S2.H2/c20-13-1-6-16(17(21)11-13)18(27)26-9-7-25(8-10-26)14-2-4-15(5-3-14)31(28,29)24-19(23)30-12-22;/h1-6,11-12,22H,7-10H2,(H2,23,24);1H. The molecule has 0 atom stereocenters. The van der Waals surface area contributed by atoms with Gasteiger partial charge in [-0.15, -0.1) is 4.40 Å². The van der Waals surface area contributed by atoms with E-state index < -0.39 is 10.0 Å². The lowest BCUT2D eigenvalue weighted by Gasteiger charge is -2.36. The number of thioether (sulfide) groups is 1. The van der Waals surface area contributed by atoms with Gasteiger partial charge in [0.15, 0.2) is 5.17 Å². The molecule has 2 aromatic rings. The molecule has 1 fully saturated rings. The molecule has 1 heterocycles. The number of amidine groups is 1. The van der Waals surface area contributed by atoms with E-state index in [1.807, 2.05) is 0 Å². The molecule has 0 aromatic heterocycles. The van der Waals surface area contributed by atoms with E-state index in [1.165, 1.54) is 12.1 Å². The number of hydrogen-bond donors (Lipinski definition) is 2. The topological polar surface area (TPSA) is 120 Å². The summed E-state index contributed by atoms with van der Waals surface area (Å²) in [6.07, 6.45) is 0. The van der Waals surface area contributed by atoms with E-state index in [0.29, 0.717) is 53.5 Å². The molecule has 12 heteroatoms. The number of halogens is 2. The zero-order valence-electron chi connectivity index (χ0n) is 16.2. The Kier molecular flexibility index (Phi) is 7.47. The third kappa shape index (κ3) is 5.70. The molecule has 0 bridgehead atoms. The number of nitrogens with zero attached hydrogens (tertiary/aromatic N) is 3. The maximum absolute atomic E-state index is 12.7. The van der Waals surface area contributed by atoms with Gasteiger partial charge in [0.25, 0.3) is 15.9 Å². The molecule has 1 saturated heterocycles. The van der Waals surface area contributed by atoms with Gasteiger partial charge in [0, 0.05) is 38.3 Å². The number of carbonyl (C=O) groups is 1. The van der Waals surface area contributed by atoms with Gasteiger partial charge in [0.1, 0.15) is 0 Å². The van der Waals surface area contributed by atoms with Crippen molar-refractivity contribution >= 4 is 67.3 Å². The molecule has 0 aliphatic carbocycles. The van der Waals surface area contributed by atoms with Crippen LogP contribution in [0.15, 0.2) is 51.8 Å². The molecule has 0 radical (unpaired) electrons. The first-order chi connectivity index (χ1) is 14.7. The van der Waals surface area contributed by atoms with Crippen molar-refractivity contribution in [1.29, 1.82) is 5.41 Å². The second-order valence-corrected chi connectivity index (χ2v) is 9.88. The van der Waals surface area contributed by atoms with Crippen molar-refractivity contribution in [3.63, 3.8) is 0 Å². The van der Waals surface area contributed by atoms with Crippen LogP contribution in [0, 0.1) is 5.41 Å². The Morgan fingerprint density at radius 3 is 2.35 bits per heavy atom. The van der Waals surface area contributed by atoms with Crippen LogP contribution in [0.3, 0.4) is 0 Å². The van der Waals surface area contributed by atoms with Crippen molar-refractivity contribution in [3.05, 3.63) is 58.1 Å². The Labute approximate surface area is 196 Å². The van der Waals surface area contributed by atoms with Crippen LogP contribution in [0.5, 0.6) is 0 Å². The molecule has 1 amide bonds. The van der Waals surface area contributed by atoms with Gasteiger partial charge < -0.3 is 20.9 Å². The van der Waals surface area contributed by atoms with Gasteiger partial charge in [-0.2, -0.15) is 8.42 Å². The fraction of sp³-hybridized carbons (Fsp3) is 0.211. The van der Waals surface area contributed by atoms with Gasteiger partial charge in [-0.3, -0.25) is 4.79 Å². The minimum absolute atomic E-state index is 0. The van der Waals surface area contributed by atoms with Crippen molar-refractivity contribution in [2.75, 3.05) is 31.1 Å². The number of benzene rings is 2. The molecule has 31 heavy (non-hydrogen) atoms. The van der Waals surface area contributed by atoms with Crippen LogP contribution in [0.4, 0.5) is 5.69 Å². The molecule has 0 spiro atoms. The quantitative estimate of drug-likeness (QED) is 0.477. The Hall–Kier alpha value is -2.27. The average molecular weight is 502 g/mol. The van der Waals surface area contributed by atoms with Gasteiger partial charge in [-0.05, 0) is 54.2 Å². The van der Waals surface area contributed by atoms with Crippen LogP contribution in [0.1, 0.15) is 11.8 Å². The number of nitrogens with one attached hydrogen (secondary N) is 1. The molecular formula is C19H21Cl2N5O3S2. The summed E-state index contributed by atoms with van der Waals surface area (Å²) in [4.78, 5) is 16.5. The lowest BCUT2D eigenvalue weighted by atomic mass is 10.1. The number of piperazine rings is 1. The smallest absolute Gasteiger partial charge is 0.284 e. The largest absolute Gasteiger partial charge is 0.377 e. The number of hydrogen-bond acceptors (Lipinski definition) is 6. The summed E-state index contributed by atoms with van der Waals surface area (Å²) in [5.74, 6) is -0.152. The van der Waals surface area contributed by atoms with Crippen LogP contribution >= 0.6 is 35.0 Å². The Morgan fingerprint density at radius 2 is 1.77 bits per heavy atom. The van der Waals surface area contributed by atoms with E-state index in [2.05, 4.69) is 9.30 Å². The molecular weight excluding hydrogens is 481 g/mol. The monoisotopic (exact) mass is 501 g/mol. The Balaban J connectivity index is 0.00000363. The second-order valence-electron chi connectivity index (χ2n) is 6.54.